The number of phenols is 1. The zero-order chi connectivity index (χ0) is 16.5. The summed E-state index contributed by atoms with van der Waals surface area (Å²) in [6.07, 6.45) is -0.673. The number of fused-ring (bicyclic) bond motifs is 6. The van der Waals surface area contributed by atoms with Crippen LogP contribution in [0.1, 0.15) is 17.2 Å². The van der Waals surface area contributed by atoms with Crippen LogP contribution in [0.15, 0.2) is 24.3 Å². The Morgan fingerprint density at radius 1 is 1.12 bits per heavy atom. The lowest BCUT2D eigenvalue weighted by Crippen LogP contribution is -2.41. The van der Waals surface area contributed by atoms with Crippen LogP contribution in [0.2, 0.25) is 0 Å². The van der Waals surface area contributed by atoms with Gasteiger partial charge >= 0.3 is 0 Å². The number of ether oxygens (including phenoxy) is 5. The maximum Gasteiger partial charge on any atom is 0.231 e. The van der Waals surface area contributed by atoms with Crippen LogP contribution in [0.3, 0.4) is 0 Å². The minimum absolute atomic E-state index is 0.0297. The lowest BCUT2D eigenvalue weighted by Gasteiger charge is -2.35. The van der Waals surface area contributed by atoms with Gasteiger partial charge in [0.25, 0.3) is 0 Å². The molecule has 0 spiro atoms. The number of methoxy groups -OCH3 is 1. The third-order valence-corrected chi connectivity index (χ3v) is 4.66. The van der Waals surface area contributed by atoms with E-state index < -0.39 is 11.7 Å². The molecule has 24 heavy (non-hydrogen) atoms. The highest BCUT2D eigenvalue weighted by Gasteiger charge is 2.54. The van der Waals surface area contributed by atoms with Crippen molar-refractivity contribution in [3.8, 4) is 34.5 Å². The molecule has 7 nitrogen and oxygen atoms in total. The molecule has 0 amide bonds. The zero-order valence-corrected chi connectivity index (χ0v) is 12.7. The van der Waals surface area contributed by atoms with Crippen molar-refractivity contribution in [1.82, 2.24) is 0 Å². The number of rotatable bonds is 1. The molecule has 3 heterocycles. The van der Waals surface area contributed by atoms with Gasteiger partial charge in [0.2, 0.25) is 12.5 Å². The van der Waals surface area contributed by atoms with E-state index in [0.717, 1.165) is 0 Å². The molecular formula is C17H14O7. The Kier molecular flexibility index (Phi) is 2.49. The van der Waals surface area contributed by atoms with Gasteiger partial charge in [-0.1, -0.05) is 0 Å². The summed E-state index contributed by atoms with van der Waals surface area (Å²) in [5, 5.41) is 21.1. The fourth-order valence-electron chi connectivity index (χ4n) is 3.50. The summed E-state index contributed by atoms with van der Waals surface area (Å²) in [7, 11) is 1.45. The lowest BCUT2D eigenvalue weighted by molar-refractivity contribution is -0.0871. The smallest absolute Gasteiger partial charge is 0.231 e. The zero-order valence-electron chi connectivity index (χ0n) is 12.7. The number of aliphatic hydroxyl groups is 1. The average molecular weight is 330 g/mol. The summed E-state index contributed by atoms with van der Waals surface area (Å²) in [6, 6.07) is 6.59. The molecule has 0 saturated carbocycles. The topological polar surface area (TPSA) is 86.6 Å². The van der Waals surface area contributed by atoms with Crippen molar-refractivity contribution in [3.63, 3.8) is 0 Å². The Labute approximate surface area is 136 Å². The van der Waals surface area contributed by atoms with Gasteiger partial charge in [0.05, 0.1) is 7.11 Å². The molecule has 2 atom stereocenters. The second-order valence-corrected chi connectivity index (χ2v) is 5.95. The first kappa shape index (κ1) is 13.6. The van der Waals surface area contributed by atoms with Crippen LogP contribution in [0.4, 0.5) is 0 Å². The average Bonchev–Trinajstić information content (AvgIpc) is 3.14. The third-order valence-electron chi connectivity index (χ3n) is 4.66. The predicted octanol–water partition coefficient (Wildman–Crippen LogP) is 1.84. The van der Waals surface area contributed by atoms with E-state index in [9.17, 15) is 10.2 Å². The van der Waals surface area contributed by atoms with E-state index >= 15 is 0 Å². The molecule has 0 radical (unpaired) electrons. The summed E-state index contributed by atoms with van der Waals surface area (Å²) in [4.78, 5) is 0. The van der Waals surface area contributed by atoms with E-state index in [0.29, 0.717) is 34.1 Å². The minimum Gasteiger partial charge on any atom is -0.504 e. The van der Waals surface area contributed by atoms with E-state index in [2.05, 4.69) is 0 Å². The molecule has 2 aromatic carbocycles. The van der Waals surface area contributed by atoms with E-state index in [1.54, 1.807) is 18.2 Å². The SMILES string of the molecule is COc1c(O)ccc2c1OC[C@]1(O)c3cc4c(cc3O[C@H]21)OCO4. The number of hydrogen-bond acceptors (Lipinski definition) is 7. The summed E-state index contributed by atoms with van der Waals surface area (Å²) in [6.45, 7) is 0.118. The van der Waals surface area contributed by atoms with Crippen LogP contribution in [0.25, 0.3) is 0 Å². The van der Waals surface area contributed by atoms with Crippen molar-refractivity contribution in [2.45, 2.75) is 11.7 Å². The number of aromatic hydroxyl groups is 1. The molecule has 2 N–H and O–H groups in total. The fraction of sp³-hybridized carbons (Fsp3) is 0.294. The summed E-state index contributed by atoms with van der Waals surface area (Å²) in [5.74, 6) is 2.25. The first-order chi connectivity index (χ1) is 11.6. The molecule has 0 bridgehead atoms. The highest BCUT2D eigenvalue weighted by atomic mass is 16.7. The van der Waals surface area contributed by atoms with Gasteiger partial charge in [0.15, 0.2) is 34.7 Å². The Bertz CT molecular complexity index is 863. The Balaban J connectivity index is 1.67. The molecule has 0 saturated heterocycles. The highest BCUT2D eigenvalue weighted by molar-refractivity contribution is 5.62. The quantitative estimate of drug-likeness (QED) is 0.825. The molecule has 0 fully saturated rings. The van der Waals surface area contributed by atoms with Gasteiger partial charge in [0, 0.05) is 17.2 Å². The van der Waals surface area contributed by atoms with Crippen molar-refractivity contribution in [1.29, 1.82) is 0 Å². The normalized spacial score (nSPS) is 25.2. The molecule has 0 unspecified atom stereocenters. The van der Waals surface area contributed by atoms with Crippen LogP contribution < -0.4 is 23.7 Å². The second kappa shape index (κ2) is 4.39. The third kappa shape index (κ3) is 1.54. The number of hydrogen-bond donors (Lipinski definition) is 2. The van der Waals surface area contributed by atoms with Crippen LogP contribution in [0.5, 0.6) is 34.5 Å². The van der Waals surface area contributed by atoms with Crippen molar-refractivity contribution in [2.75, 3.05) is 20.5 Å². The van der Waals surface area contributed by atoms with Crippen molar-refractivity contribution < 1.29 is 33.9 Å². The van der Waals surface area contributed by atoms with Crippen LogP contribution in [0, 0.1) is 0 Å². The standard InChI is InChI=1S/C17H14O7/c1-20-15-10(18)3-2-8-14(15)21-6-17(19)9-4-12-13(23-7-22-12)5-11(9)24-16(8)17/h2-5,16,18-19H,6-7H2,1H3/t16-,17+/m1/s1. The van der Waals surface area contributed by atoms with Gasteiger partial charge in [-0.25, -0.2) is 0 Å². The number of benzene rings is 2. The Hall–Kier alpha value is -2.80. The van der Waals surface area contributed by atoms with Gasteiger partial charge in [0.1, 0.15) is 12.4 Å². The van der Waals surface area contributed by atoms with Crippen LogP contribution >= 0.6 is 0 Å². The minimum atomic E-state index is -1.36. The summed E-state index contributed by atoms with van der Waals surface area (Å²) < 4.78 is 27.7. The first-order valence-electron chi connectivity index (χ1n) is 7.47. The van der Waals surface area contributed by atoms with E-state index in [1.165, 1.54) is 13.2 Å². The maximum absolute atomic E-state index is 11.2. The highest BCUT2D eigenvalue weighted by Crippen LogP contribution is 2.58. The van der Waals surface area contributed by atoms with Gasteiger partial charge in [-0.2, -0.15) is 0 Å². The monoisotopic (exact) mass is 330 g/mol. The largest absolute Gasteiger partial charge is 0.504 e. The summed E-state index contributed by atoms with van der Waals surface area (Å²) in [5.41, 5.74) is -0.156. The van der Waals surface area contributed by atoms with Crippen LogP contribution in [-0.4, -0.2) is 30.7 Å². The second-order valence-electron chi connectivity index (χ2n) is 5.95. The Morgan fingerprint density at radius 3 is 2.71 bits per heavy atom. The van der Waals surface area contributed by atoms with E-state index in [-0.39, 0.29) is 24.9 Å². The Morgan fingerprint density at radius 2 is 1.92 bits per heavy atom. The van der Waals surface area contributed by atoms with Crippen LogP contribution in [-0.2, 0) is 5.60 Å². The lowest BCUT2D eigenvalue weighted by atomic mass is 9.84. The van der Waals surface area contributed by atoms with E-state index in [1.807, 2.05) is 0 Å². The molecule has 0 aliphatic carbocycles. The molecule has 5 rings (SSSR count). The fourth-order valence-corrected chi connectivity index (χ4v) is 3.50. The molecule has 0 aromatic heterocycles. The molecule has 3 aliphatic rings. The van der Waals surface area contributed by atoms with Gasteiger partial charge in [-0.15, -0.1) is 0 Å². The maximum atomic E-state index is 11.2. The van der Waals surface area contributed by atoms with Gasteiger partial charge < -0.3 is 33.9 Å². The van der Waals surface area contributed by atoms with Gasteiger partial charge in [-0.3, -0.25) is 0 Å². The molecule has 3 aliphatic heterocycles. The predicted molar refractivity (Wildman–Crippen MR) is 80.0 cm³/mol. The van der Waals surface area contributed by atoms with Crippen molar-refractivity contribution in [3.05, 3.63) is 35.4 Å². The van der Waals surface area contributed by atoms with E-state index in [4.69, 9.17) is 23.7 Å². The summed E-state index contributed by atoms with van der Waals surface area (Å²) >= 11 is 0. The molecular weight excluding hydrogens is 316 g/mol. The number of phenolic OH excluding ortho intramolecular Hbond substituents is 1. The van der Waals surface area contributed by atoms with Crippen molar-refractivity contribution >= 4 is 0 Å². The first-order valence-corrected chi connectivity index (χ1v) is 7.47. The molecule has 2 aromatic rings. The van der Waals surface area contributed by atoms with Gasteiger partial charge in [-0.05, 0) is 18.2 Å². The molecule has 124 valence electrons. The molecule has 7 heteroatoms. The van der Waals surface area contributed by atoms with Crippen molar-refractivity contribution in [2.24, 2.45) is 0 Å².